The molecule has 0 heterocycles. The van der Waals surface area contributed by atoms with Gasteiger partial charge in [0.05, 0.1) is 5.56 Å². The Kier molecular flexibility index (Phi) is 6.83. The first-order valence-electron chi connectivity index (χ1n) is 9.80. The maximum atomic E-state index is 14.0. The van der Waals surface area contributed by atoms with E-state index in [-0.39, 0.29) is 5.56 Å². The molecule has 0 radical (unpaired) electrons. The van der Waals surface area contributed by atoms with Crippen LogP contribution in [0.3, 0.4) is 0 Å². The van der Waals surface area contributed by atoms with E-state index in [4.69, 9.17) is 0 Å². The van der Waals surface area contributed by atoms with E-state index < -0.39 is 11.6 Å². The molecule has 0 aliphatic carbocycles. The molecule has 0 nitrogen and oxygen atoms in total. The molecule has 0 aliphatic heterocycles. The molecule has 144 valence electrons. The van der Waals surface area contributed by atoms with Crippen molar-refractivity contribution in [3.8, 4) is 23.7 Å². The number of benzene rings is 3. The van der Waals surface area contributed by atoms with Crippen LogP contribution in [0.4, 0.5) is 8.78 Å². The van der Waals surface area contributed by atoms with Crippen molar-refractivity contribution in [1.29, 1.82) is 0 Å². The molecular formula is C27H22F2. The summed E-state index contributed by atoms with van der Waals surface area (Å²) in [4.78, 5) is 0. The SMILES string of the molecule is CCCc1ccc(C#Cc2ccc(C#Cc3c(F)cc(CC)cc3F)cc2)cc1. The molecule has 0 aliphatic rings. The van der Waals surface area contributed by atoms with E-state index in [1.165, 1.54) is 17.7 Å². The lowest BCUT2D eigenvalue weighted by atomic mass is 10.1. The zero-order chi connectivity index (χ0) is 20.6. The van der Waals surface area contributed by atoms with Gasteiger partial charge in [0.15, 0.2) is 0 Å². The van der Waals surface area contributed by atoms with Gasteiger partial charge < -0.3 is 0 Å². The van der Waals surface area contributed by atoms with Crippen LogP contribution in [-0.4, -0.2) is 0 Å². The largest absolute Gasteiger partial charge is 0.206 e. The summed E-state index contributed by atoms with van der Waals surface area (Å²) in [5, 5.41) is 0. The van der Waals surface area contributed by atoms with Gasteiger partial charge in [0, 0.05) is 16.7 Å². The van der Waals surface area contributed by atoms with Gasteiger partial charge in [-0.3, -0.25) is 0 Å². The predicted molar refractivity (Wildman–Crippen MR) is 115 cm³/mol. The second kappa shape index (κ2) is 9.72. The zero-order valence-electron chi connectivity index (χ0n) is 16.7. The molecule has 2 heteroatoms. The second-order valence-electron chi connectivity index (χ2n) is 6.81. The summed E-state index contributed by atoms with van der Waals surface area (Å²) >= 11 is 0. The van der Waals surface area contributed by atoms with Crippen molar-refractivity contribution >= 4 is 0 Å². The molecule has 0 saturated carbocycles. The summed E-state index contributed by atoms with van der Waals surface area (Å²) in [6.45, 7) is 4.02. The standard InChI is InChI=1S/C27H22F2/c1-3-5-21-6-8-22(9-7-21)10-11-23-12-14-24(15-13-23)16-17-25-26(28)18-20(4-2)19-27(25)29/h6-9,12-15,18-19H,3-5H2,1-2H3. The minimum Gasteiger partial charge on any atom is -0.206 e. The fourth-order valence-electron chi connectivity index (χ4n) is 2.91. The minimum absolute atomic E-state index is 0.197. The third kappa shape index (κ3) is 5.56. The molecule has 29 heavy (non-hydrogen) atoms. The van der Waals surface area contributed by atoms with Gasteiger partial charge in [-0.1, -0.05) is 56.1 Å². The lowest BCUT2D eigenvalue weighted by molar-refractivity contribution is 0.574. The highest BCUT2D eigenvalue weighted by Crippen LogP contribution is 2.15. The van der Waals surface area contributed by atoms with Crippen molar-refractivity contribution < 1.29 is 8.78 Å². The molecule has 0 fully saturated rings. The van der Waals surface area contributed by atoms with Crippen LogP contribution in [0, 0.1) is 35.3 Å². The zero-order valence-corrected chi connectivity index (χ0v) is 16.7. The van der Waals surface area contributed by atoms with Gasteiger partial charge in [-0.2, -0.15) is 0 Å². The van der Waals surface area contributed by atoms with Crippen molar-refractivity contribution in [1.82, 2.24) is 0 Å². The highest BCUT2D eigenvalue weighted by atomic mass is 19.1. The summed E-state index contributed by atoms with van der Waals surface area (Å²) in [5.74, 6) is 10.5. The van der Waals surface area contributed by atoms with Crippen LogP contribution >= 0.6 is 0 Å². The average molecular weight is 384 g/mol. The second-order valence-corrected chi connectivity index (χ2v) is 6.81. The van der Waals surface area contributed by atoms with Crippen LogP contribution in [0.2, 0.25) is 0 Å². The fraction of sp³-hybridized carbons (Fsp3) is 0.185. The van der Waals surface area contributed by atoms with E-state index in [0.717, 1.165) is 24.0 Å². The van der Waals surface area contributed by atoms with Gasteiger partial charge in [0.2, 0.25) is 0 Å². The molecule has 0 atom stereocenters. The number of aryl methyl sites for hydroxylation is 2. The number of hydrogen-bond acceptors (Lipinski definition) is 0. The summed E-state index contributed by atoms with van der Waals surface area (Å²) in [5.41, 5.74) is 4.25. The van der Waals surface area contributed by atoms with Crippen LogP contribution in [0.15, 0.2) is 60.7 Å². The molecule has 3 aromatic carbocycles. The number of rotatable bonds is 3. The Morgan fingerprint density at radius 1 is 0.621 bits per heavy atom. The molecule has 0 amide bonds. The molecule has 0 spiro atoms. The lowest BCUT2D eigenvalue weighted by Crippen LogP contribution is -1.93. The third-order valence-electron chi connectivity index (χ3n) is 4.57. The Hall–Kier alpha value is -3.36. The van der Waals surface area contributed by atoms with Gasteiger partial charge in [-0.05, 0) is 72.5 Å². The molecule has 0 saturated heterocycles. The molecule has 0 bridgehead atoms. The van der Waals surface area contributed by atoms with E-state index in [1.807, 2.05) is 31.2 Å². The highest BCUT2D eigenvalue weighted by molar-refractivity contribution is 5.48. The Morgan fingerprint density at radius 3 is 1.52 bits per heavy atom. The van der Waals surface area contributed by atoms with E-state index >= 15 is 0 Å². The molecule has 0 unspecified atom stereocenters. The van der Waals surface area contributed by atoms with Crippen molar-refractivity contribution in [2.24, 2.45) is 0 Å². The molecule has 0 aromatic heterocycles. The minimum atomic E-state index is -0.623. The summed E-state index contributed by atoms with van der Waals surface area (Å²) in [6, 6.07) is 18.3. The molecule has 0 N–H and O–H groups in total. The molecular weight excluding hydrogens is 362 g/mol. The van der Waals surface area contributed by atoms with Crippen molar-refractivity contribution in [2.75, 3.05) is 0 Å². The highest BCUT2D eigenvalue weighted by Gasteiger charge is 2.08. The lowest BCUT2D eigenvalue weighted by Gasteiger charge is -2.01. The first kappa shape index (κ1) is 20.4. The first-order chi connectivity index (χ1) is 14.1. The normalized spacial score (nSPS) is 9.93. The Morgan fingerprint density at radius 2 is 1.07 bits per heavy atom. The van der Waals surface area contributed by atoms with Gasteiger partial charge >= 0.3 is 0 Å². The quantitative estimate of drug-likeness (QED) is 0.466. The van der Waals surface area contributed by atoms with E-state index in [2.05, 4.69) is 42.7 Å². The van der Waals surface area contributed by atoms with E-state index in [9.17, 15) is 8.78 Å². The van der Waals surface area contributed by atoms with Crippen LogP contribution in [-0.2, 0) is 12.8 Å². The summed E-state index contributed by atoms with van der Waals surface area (Å²) in [6.07, 6.45) is 2.78. The van der Waals surface area contributed by atoms with Crippen LogP contribution < -0.4 is 0 Å². The van der Waals surface area contributed by atoms with Gasteiger partial charge in [-0.25, -0.2) is 8.78 Å². The first-order valence-corrected chi connectivity index (χ1v) is 9.80. The maximum Gasteiger partial charge on any atom is 0.142 e. The topological polar surface area (TPSA) is 0 Å². The number of hydrogen-bond donors (Lipinski definition) is 0. The van der Waals surface area contributed by atoms with Crippen LogP contribution in [0.1, 0.15) is 53.6 Å². The Balaban J connectivity index is 1.73. The molecule has 3 aromatic rings. The smallest absolute Gasteiger partial charge is 0.142 e. The third-order valence-corrected chi connectivity index (χ3v) is 4.57. The number of halogens is 2. The van der Waals surface area contributed by atoms with Crippen LogP contribution in [0.5, 0.6) is 0 Å². The van der Waals surface area contributed by atoms with Crippen LogP contribution in [0.25, 0.3) is 0 Å². The van der Waals surface area contributed by atoms with Gasteiger partial charge in [0.25, 0.3) is 0 Å². The van der Waals surface area contributed by atoms with Gasteiger partial charge in [0.1, 0.15) is 11.6 Å². The van der Waals surface area contributed by atoms with Crippen molar-refractivity contribution in [2.45, 2.75) is 33.1 Å². The average Bonchev–Trinajstić information content (AvgIpc) is 2.73. The molecule has 3 rings (SSSR count). The monoisotopic (exact) mass is 384 g/mol. The Labute approximate surface area is 171 Å². The summed E-state index contributed by atoms with van der Waals surface area (Å²) in [7, 11) is 0. The van der Waals surface area contributed by atoms with E-state index in [1.54, 1.807) is 12.1 Å². The van der Waals surface area contributed by atoms with Crippen molar-refractivity contribution in [3.63, 3.8) is 0 Å². The maximum absolute atomic E-state index is 14.0. The predicted octanol–water partition coefficient (Wildman–Crippen LogP) is 6.28. The van der Waals surface area contributed by atoms with Crippen molar-refractivity contribution in [3.05, 3.63) is 106 Å². The fourth-order valence-corrected chi connectivity index (χ4v) is 2.91. The Bertz CT molecular complexity index is 1080. The van der Waals surface area contributed by atoms with Gasteiger partial charge in [-0.15, -0.1) is 0 Å². The summed E-state index contributed by atoms with van der Waals surface area (Å²) < 4.78 is 28.1. The van der Waals surface area contributed by atoms with E-state index in [0.29, 0.717) is 17.5 Å².